The second-order valence-corrected chi connectivity index (χ2v) is 4.80. The lowest BCUT2D eigenvalue weighted by Gasteiger charge is -2.08. The van der Waals surface area contributed by atoms with E-state index in [9.17, 15) is 9.90 Å². The first-order valence-electron chi connectivity index (χ1n) is 6.45. The first-order valence-corrected chi connectivity index (χ1v) is 6.45. The molecule has 3 nitrogen and oxygen atoms in total. The molecule has 0 aromatic heterocycles. The molecule has 0 radical (unpaired) electrons. The molecule has 18 heavy (non-hydrogen) atoms. The topological polar surface area (TPSA) is 49.3 Å². The van der Waals surface area contributed by atoms with Gasteiger partial charge in [-0.2, -0.15) is 0 Å². The third-order valence-corrected chi connectivity index (χ3v) is 3.32. The molecule has 0 amide bonds. The van der Waals surface area contributed by atoms with Crippen molar-refractivity contribution < 1.29 is 9.90 Å². The Labute approximate surface area is 108 Å². The fourth-order valence-electron chi connectivity index (χ4n) is 2.21. The first kappa shape index (κ1) is 12.7. The summed E-state index contributed by atoms with van der Waals surface area (Å²) < 4.78 is 0. The van der Waals surface area contributed by atoms with Gasteiger partial charge in [-0.25, -0.2) is 0 Å². The van der Waals surface area contributed by atoms with E-state index in [4.69, 9.17) is 0 Å². The molecule has 0 aliphatic heterocycles. The van der Waals surface area contributed by atoms with Crippen molar-refractivity contribution in [2.75, 3.05) is 5.32 Å². The van der Waals surface area contributed by atoms with Crippen molar-refractivity contribution in [3.8, 4) is 5.75 Å². The van der Waals surface area contributed by atoms with Crippen LogP contribution in [-0.2, 0) is 4.79 Å². The Morgan fingerprint density at radius 1 is 1.22 bits per heavy atom. The number of Topliss-reactive ketones (excluding diaryl/α,β-unsaturated/α-hetero) is 1. The highest BCUT2D eigenvalue weighted by atomic mass is 16.3. The minimum atomic E-state index is 0.260. The number of carbonyl (C=O) groups is 1. The summed E-state index contributed by atoms with van der Waals surface area (Å²) in [5.74, 6) is 0.521. The Balaban J connectivity index is 2.11. The van der Waals surface area contributed by atoms with Crippen molar-refractivity contribution in [1.29, 1.82) is 0 Å². The van der Waals surface area contributed by atoms with Gasteiger partial charge < -0.3 is 10.4 Å². The molecule has 0 saturated heterocycles. The van der Waals surface area contributed by atoms with Crippen LogP contribution in [0.4, 0.5) is 5.69 Å². The molecule has 1 aliphatic carbocycles. The number of ketones is 1. The zero-order valence-electron chi connectivity index (χ0n) is 10.7. The van der Waals surface area contributed by atoms with Gasteiger partial charge in [0.2, 0.25) is 0 Å². The van der Waals surface area contributed by atoms with Crippen molar-refractivity contribution in [1.82, 2.24) is 0 Å². The largest absolute Gasteiger partial charge is 0.508 e. The highest BCUT2D eigenvalue weighted by Gasteiger charge is 2.13. The predicted molar refractivity (Wildman–Crippen MR) is 72.6 cm³/mol. The molecule has 3 heteroatoms. The van der Waals surface area contributed by atoms with E-state index in [-0.39, 0.29) is 11.5 Å². The number of benzene rings is 1. The Morgan fingerprint density at radius 3 is 2.78 bits per heavy atom. The summed E-state index contributed by atoms with van der Waals surface area (Å²) in [6.45, 7) is 1.93. The molecule has 2 N–H and O–H groups in total. The van der Waals surface area contributed by atoms with E-state index in [1.165, 1.54) is 0 Å². The molecule has 1 saturated carbocycles. The van der Waals surface area contributed by atoms with Crippen LogP contribution in [-0.4, -0.2) is 10.9 Å². The van der Waals surface area contributed by atoms with Gasteiger partial charge in [-0.1, -0.05) is 6.42 Å². The predicted octanol–water partition coefficient (Wildman–Crippen LogP) is 3.53. The van der Waals surface area contributed by atoms with Gasteiger partial charge in [-0.3, -0.25) is 4.79 Å². The average Bonchev–Trinajstić information content (AvgIpc) is 2.53. The summed E-state index contributed by atoms with van der Waals surface area (Å²) in [5.41, 5.74) is 2.78. The van der Waals surface area contributed by atoms with Crippen LogP contribution in [0.25, 0.3) is 0 Å². The number of phenols is 1. The monoisotopic (exact) mass is 245 g/mol. The summed E-state index contributed by atoms with van der Waals surface area (Å²) in [6, 6.07) is 5.17. The number of allylic oxidation sites excluding steroid dienone is 1. The average molecular weight is 245 g/mol. The van der Waals surface area contributed by atoms with Crippen LogP contribution in [0.1, 0.15) is 37.7 Å². The van der Waals surface area contributed by atoms with Gasteiger partial charge in [0.05, 0.1) is 0 Å². The van der Waals surface area contributed by atoms with E-state index in [0.29, 0.717) is 6.42 Å². The summed E-state index contributed by atoms with van der Waals surface area (Å²) in [5, 5.41) is 12.5. The van der Waals surface area contributed by atoms with Crippen molar-refractivity contribution in [3.05, 3.63) is 35.5 Å². The second kappa shape index (κ2) is 5.71. The highest BCUT2D eigenvalue weighted by Crippen LogP contribution is 2.22. The third-order valence-electron chi connectivity index (χ3n) is 3.32. The van der Waals surface area contributed by atoms with Crippen LogP contribution in [0.2, 0.25) is 0 Å². The minimum Gasteiger partial charge on any atom is -0.508 e. The van der Waals surface area contributed by atoms with Crippen LogP contribution in [0.15, 0.2) is 30.0 Å². The molecular formula is C15H19NO2. The van der Waals surface area contributed by atoms with Crippen LogP contribution in [0.5, 0.6) is 5.75 Å². The lowest BCUT2D eigenvalue weighted by Crippen LogP contribution is -2.03. The van der Waals surface area contributed by atoms with E-state index in [2.05, 4.69) is 5.32 Å². The Kier molecular flexibility index (Phi) is 4.03. The standard InChI is InChI=1S/C15H19NO2/c1-11-9-13(17)7-8-14(11)16-10-12-5-3-2-4-6-15(12)18/h7-10,16-17H,2-6H2,1H3/b12-10+. The third kappa shape index (κ3) is 3.13. The number of aromatic hydroxyl groups is 1. The molecule has 0 bridgehead atoms. The molecule has 0 atom stereocenters. The lowest BCUT2D eigenvalue weighted by atomic mass is 10.1. The first-order chi connectivity index (χ1) is 8.66. The maximum absolute atomic E-state index is 11.8. The molecule has 0 heterocycles. The Bertz CT molecular complexity index is 477. The second-order valence-electron chi connectivity index (χ2n) is 4.80. The van der Waals surface area contributed by atoms with Crippen LogP contribution in [0.3, 0.4) is 0 Å². The summed E-state index contributed by atoms with van der Waals surface area (Å²) in [6.07, 6.45) is 6.60. The smallest absolute Gasteiger partial charge is 0.160 e. The number of hydrogen-bond donors (Lipinski definition) is 2. The maximum Gasteiger partial charge on any atom is 0.160 e. The van der Waals surface area contributed by atoms with Crippen LogP contribution < -0.4 is 5.32 Å². The van der Waals surface area contributed by atoms with E-state index < -0.39 is 0 Å². The van der Waals surface area contributed by atoms with Crippen molar-refractivity contribution in [2.45, 2.75) is 39.0 Å². The fraction of sp³-hybridized carbons (Fsp3) is 0.400. The zero-order chi connectivity index (χ0) is 13.0. The van der Waals surface area contributed by atoms with Gasteiger partial charge in [-0.15, -0.1) is 0 Å². The normalized spacial score (nSPS) is 18.7. The van der Waals surface area contributed by atoms with E-state index in [1.807, 2.05) is 19.2 Å². The molecule has 0 unspecified atom stereocenters. The summed E-state index contributed by atoms with van der Waals surface area (Å²) in [7, 11) is 0. The number of aryl methyl sites for hydroxylation is 1. The van der Waals surface area contributed by atoms with Gasteiger partial charge in [0.25, 0.3) is 0 Å². The molecule has 2 rings (SSSR count). The number of carbonyl (C=O) groups excluding carboxylic acids is 1. The van der Waals surface area contributed by atoms with Gasteiger partial charge in [0, 0.05) is 23.9 Å². The Morgan fingerprint density at radius 2 is 2.00 bits per heavy atom. The number of nitrogens with one attached hydrogen (secondary N) is 1. The van der Waals surface area contributed by atoms with Crippen LogP contribution >= 0.6 is 0 Å². The molecule has 1 aliphatic rings. The van der Waals surface area contributed by atoms with E-state index in [0.717, 1.165) is 42.5 Å². The SMILES string of the molecule is Cc1cc(O)ccc1N/C=C1\CCCCCC1=O. The summed E-state index contributed by atoms with van der Waals surface area (Å²) in [4.78, 5) is 11.8. The fourth-order valence-corrected chi connectivity index (χ4v) is 2.21. The number of phenolic OH excluding ortho intramolecular Hbond substituents is 1. The number of rotatable bonds is 2. The highest BCUT2D eigenvalue weighted by molar-refractivity contribution is 5.95. The van der Waals surface area contributed by atoms with Crippen molar-refractivity contribution in [2.24, 2.45) is 0 Å². The molecule has 96 valence electrons. The quantitative estimate of drug-likeness (QED) is 0.476. The number of hydrogen-bond acceptors (Lipinski definition) is 3. The van der Waals surface area contributed by atoms with Gasteiger partial charge in [0.15, 0.2) is 5.78 Å². The van der Waals surface area contributed by atoms with Gasteiger partial charge >= 0.3 is 0 Å². The minimum absolute atomic E-state index is 0.260. The van der Waals surface area contributed by atoms with Gasteiger partial charge in [-0.05, 0) is 49.9 Å². The van der Waals surface area contributed by atoms with Gasteiger partial charge in [0.1, 0.15) is 5.75 Å². The maximum atomic E-state index is 11.8. The van der Waals surface area contributed by atoms with Crippen LogP contribution in [0, 0.1) is 6.92 Å². The molecule has 1 fully saturated rings. The van der Waals surface area contributed by atoms with E-state index >= 15 is 0 Å². The van der Waals surface area contributed by atoms with Crippen molar-refractivity contribution >= 4 is 11.5 Å². The molecular weight excluding hydrogens is 226 g/mol. The zero-order valence-corrected chi connectivity index (χ0v) is 10.7. The summed E-state index contributed by atoms with van der Waals surface area (Å²) >= 11 is 0. The molecule has 0 spiro atoms. The number of anilines is 1. The lowest BCUT2D eigenvalue weighted by molar-refractivity contribution is -0.115. The van der Waals surface area contributed by atoms with E-state index in [1.54, 1.807) is 12.1 Å². The Hall–Kier alpha value is -1.77. The molecule has 1 aromatic carbocycles. The molecule has 1 aromatic rings. The van der Waals surface area contributed by atoms with Crippen molar-refractivity contribution in [3.63, 3.8) is 0 Å².